The lowest BCUT2D eigenvalue weighted by Crippen LogP contribution is -2.20. The second-order valence-electron chi connectivity index (χ2n) is 3.78. The summed E-state index contributed by atoms with van der Waals surface area (Å²) < 4.78 is 4.88. The molecule has 0 spiro atoms. The van der Waals surface area contributed by atoms with Crippen LogP contribution in [0, 0.1) is 0 Å². The Bertz CT molecular complexity index is 718. The molecule has 0 saturated carbocycles. The highest BCUT2D eigenvalue weighted by atomic mass is 16.6. The molecule has 0 unspecified atom stereocenters. The molecule has 0 radical (unpaired) electrons. The van der Waals surface area contributed by atoms with Gasteiger partial charge in [0.1, 0.15) is 11.3 Å². The fraction of sp³-hybridized carbons (Fsp3) is 0. The minimum Gasteiger partial charge on any atom is -0.510 e. The summed E-state index contributed by atoms with van der Waals surface area (Å²) in [6.07, 6.45) is 0. The van der Waals surface area contributed by atoms with E-state index in [9.17, 15) is 0 Å². The number of fused-ring (bicyclic) bond motifs is 2. The summed E-state index contributed by atoms with van der Waals surface area (Å²) >= 11 is 0. The van der Waals surface area contributed by atoms with E-state index in [-0.39, 0.29) is 0 Å². The van der Waals surface area contributed by atoms with Gasteiger partial charge in [0.15, 0.2) is 0 Å². The summed E-state index contributed by atoms with van der Waals surface area (Å²) in [4.78, 5) is 8.86. The fourth-order valence-corrected chi connectivity index (χ4v) is 1.83. The van der Waals surface area contributed by atoms with Crippen molar-refractivity contribution in [2.75, 3.05) is 0 Å². The van der Waals surface area contributed by atoms with Crippen molar-refractivity contribution < 1.29 is 14.7 Å². The zero-order valence-corrected chi connectivity index (χ0v) is 9.32. The maximum atomic E-state index is 8.86. The van der Waals surface area contributed by atoms with Crippen LogP contribution in [0.15, 0.2) is 42.5 Å². The molecule has 3 aromatic rings. The van der Waals surface area contributed by atoms with Gasteiger partial charge in [-0.25, -0.2) is 9.97 Å². The molecule has 1 aromatic heterocycles. The van der Waals surface area contributed by atoms with Gasteiger partial charge >= 0.3 is 7.32 Å². The molecule has 2 aromatic carbocycles. The fourth-order valence-electron chi connectivity index (χ4n) is 1.83. The van der Waals surface area contributed by atoms with Gasteiger partial charge in [0.2, 0.25) is 0 Å². The highest BCUT2D eigenvalue weighted by Gasteiger charge is 2.14. The van der Waals surface area contributed by atoms with E-state index in [0.717, 1.165) is 11.0 Å². The Morgan fingerprint density at radius 2 is 1.50 bits per heavy atom. The van der Waals surface area contributed by atoms with Crippen molar-refractivity contribution in [1.82, 2.24) is 9.97 Å². The molecule has 0 aliphatic heterocycles. The van der Waals surface area contributed by atoms with Crippen LogP contribution in [-0.2, 0) is 0 Å². The van der Waals surface area contributed by atoms with Crippen molar-refractivity contribution in [3.8, 4) is 5.75 Å². The van der Waals surface area contributed by atoms with Gasteiger partial charge in [-0.2, -0.15) is 0 Å². The van der Waals surface area contributed by atoms with Crippen LogP contribution in [-0.4, -0.2) is 27.3 Å². The average molecular weight is 240 g/mol. The standard InChI is InChI=1S/C12H9BN2O3/c16-13(17)18-11-7-3-6-10-12(11)15-9-5-2-1-4-8(9)14-10/h1-7,16-17H. The Morgan fingerprint density at radius 1 is 0.833 bits per heavy atom. The Labute approximate surface area is 103 Å². The summed E-state index contributed by atoms with van der Waals surface area (Å²) in [6.45, 7) is 0. The van der Waals surface area contributed by atoms with E-state index >= 15 is 0 Å². The first-order valence-electron chi connectivity index (χ1n) is 5.42. The van der Waals surface area contributed by atoms with Gasteiger partial charge < -0.3 is 14.7 Å². The largest absolute Gasteiger partial charge is 0.707 e. The highest BCUT2D eigenvalue weighted by molar-refractivity contribution is 6.34. The summed E-state index contributed by atoms with van der Waals surface area (Å²) in [5.74, 6) is 0.292. The first kappa shape index (κ1) is 10.9. The van der Waals surface area contributed by atoms with Crippen molar-refractivity contribution in [2.24, 2.45) is 0 Å². The van der Waals surface area contributed by atoms with Gasteiger partial charge in [0.25, 0.3) is 0 Å². The van der Waals surface area contributed by atoms with Gasteiger partial charge in [-0.15, -0.1) is 0 Å². The Morgan fingerprint density at radius 3 is 2.22 bits per heavy atom. The van der Waals surface area contributed by atoms with E-state index < -0.39 is 7.32 Å². The van der Waals surface area contributed by atoms with E-state index in [1.54, 1.807) is 18.2 Å². The zero-order valence-electron chi connectivity index (χ0n) is 9.32. The molecule has 0 aliphatic carbocycles. The highest BCUT2D eigenvalue weighted by Crippen LogP contribution is 2.24. The number of para-hydroxylation sites is 3. The van der Waals surface area contributed by atoms with E-state index in [4.69, 9.17) is 14.7 Å². The molecule has 3 rings (SSSR count). The number of nitrogens with zero attached hydrogens (tertiary/aromatic N) is 2. The maximum absolute atomic E-state index is 8.86. The SMILES string of the molecule is OB(O)Oc1cccc2nc3ccccc3nc12. The lowest BCUT2D eigenvalue weighted by Gasteiger charge is -2.08. The Kier molecular flexibility index (Phi) is 2.58. The molecular formula is C12H9BN2O3. The van der Waals surface area contributed by atoms with Crippen molar-refractivity contribution in [3.63, 3.8) is 0 Å². The second-order valence-corrected chi connectivity index (χ2v) is 3.78. The number of hydrogen-bond acceptors (Lipinski definition) is 5. The van der Waals surface area contributed by atoms with E-state index in [2.05, 4.69) is 9.97 Å². The Hall–Kier alpha value is -2.18. The minimum absolute atomic E-state index is 0.292. The molecule has 0 aliphatic rings. The van der Waals surface area contributed by atoms with Crippen molar-refractivity contribution in [2.45, 2.75) is 0 Å². The third-order valence-electron chi connectivity index (χ3n) is 2.56. The molecule has 2 N–H and O–H groups in total. The predicted molar refractivity (Wildman–Crippen MR) is 67.9 cm³/mol. The molecule has 0 saturated heterocycles. The van der Waals surface area contributed by atoms with Crippen LogP contribution >= 0.6 is 0 Å². The number of aromatic nitrogens is 2. The van der Waals surface area contributed by atoms with Crippen LogP contribution in [0.5, 0.6) is 5.75 Å². The normalized spacial score (nSPS) is 10.8. The van der Waals surface area contributed by atoms with Gasteiger partial charge in [0, 0.05) is 0 Å². The van der Waals surface area contributed by atoms with Gasteiger partial charge in [-0.3, -0.25) is 0 Å². The van der Waals surface area contributed by atoms with Gasteiger partial charge in [-0.05, 0) is 24.3 Å². The first-order chi connectivity index (χ1) is 8.74. The van der Waals surface area contributed by atoms with Crippen LogP contribution in [0.2, 0.25) is 0 Å². The molecule has 18 heavy (non-hydrogen) atoms. The predicted octanol–water partition coefficient (Wildman–Crippen LogP) is 1.13. The molecule has 1 heterocycles. The molecular weight excluding hydrogens is 231 g/mol. The van der Waals surface area contributed by atoms with E-state index in [1.807, 2.05) is 24.3 Å². The van der Waals surface area contributed by atoms with Crippen molar-refractivity contribution in [1.29, 1.82) is 0 Å². The second kappa shape index (κ2) is 4.25. The van der Waals surface area contributed by atoms with Crippen molar-refractivity contribution >= 4 is 29.4 Å². The quantitative estimate of drug-likeness (QED) is 0.518. The molecule has 0 bridgehead atoms. The van der Waals surface area contributed by atoms with Gasteiger partial charge in [0.05, 0.1) is 16.6 Å². The lowest BCUT2D eigenvalue weighted by molar-refractivity contribution is 0.289. The van der Waals surface area contributed by atoms with Crippen LogP contribution in [0.1, 0.15) is 0 Å². The summed E-state index contributed by atoms with van der Waals surface area (Å²) in [7, 11) is -1.87. The summed E-state index contributed by atoms with van der Waals surface area (Å²) in [6, 6.07) is 12.6. The molecule has 88 valence electrons. The third-order valence-corrected chi connectivity index (χ3v) is 2.56. The van der Waals surface area contributed by atoms with Crippen LogP contribution in [0.25, 0.3) is 22.1 Å². The molecule has 5 nitrogen and oxygen atoms in total. The third kappa shape index (κ3) is 1.87. The molecule has 6 heteroatoms. The van der Waals surface area contributed by atoms with Crippen LogP contribution < -0.4 is 4.65 Å². The maximum Gasteiger partial charge on any atom is 0.707 e. The monoisotopic (exact) mass is 240 g/mol. The van der Waals surface area contributed by atoms with E-state index in [1.165, 1.54) is 0 Å². The summed E-state index contributed by atoms with van der Waals surface area (Å²) in [5.41, 5.74) is 2.66. The van der Waals surface area contributed by atoms with Gasteiger partial charge in [-0.1, -0.05) is 18.2 Å². The lowest BCUT2D eigenvalue weighted by atomic mass is 10.2. The smallest absolute Gasteiger partial charge is 0.510 e. The number of rotatable bonds is 2. The zero-order chi connectivity index (χ0) is 12.5. The average Bonchev–Trinajstić information content (AvgIpc) is 2.36. The topological polar surface area (TPSA) is 75.5 Å². The number of benzene rings is 2. The van der Waals surface area contributed by atoms with E-state index in [0.29, 0.717) is 16.8 Å². The molecule has 0 amide bonds. The molecule has 0 atom stereocenters. The number of hydrogen-bond donors (Lipinski definition) is 2. The molecule has 0 fully saturated rings. The van der Waals surface area contributed by atoms with Crippen molar-refractivity contribution in [3.05, 3.63) is 42.5 Å². The first-order valence-corrected chi connectivity index (χ1v) is 5.42. The minimum atomic E-state index is -1.87. The Balaban J connectivity index is 2.29. The van der Waals surface area contributed by atoms with Crippen LogP contribution in [0.4, 0.5) is 0 Å². The summed E-state index contributed by atoms with van der Waals surface area (Å²) in [5, 5.41) is 17.7. The van der Waals surface area contributed by atoms with Crippen LogP contribution in [0.3, 0.4) is 0 Å².